The number of anilines is 1. The molecule has 0 aliphatic carbocycles. The Labute approximate surface area is 141 Å². The molecular weight excluding hydrogens is 341 g/mol. The highest BCUT2D eigenvalue weighted by atomic mass is 35.5. The summed E-state index contributed by atoms with van der Waals surface area (Å²) in [6, 6.07) is 3.18. The van der Waals surface area contributed by atoms with Gasteiger partial charge in [-0.3, -0.25) is 9.59 Å². The lowest BCUT2D eigenvalue weighted by atomic mass is 10.1. The molecule has 0 bridgehead atoms. The van der Waals surface area contributed by atoms with Gasteiger partial charge < -0.3 is 10.2 Å². The van der Waals surface area contributed by atoms with Crippen LogP contribution in [-0.4, -0.2) is 34.3 Å². The largest absolute Gasteiger partial charge is 0.327 e. The molecule has 3 rings (SSSR count). The van der Waals surface area contributed by atoms with Crippen molar-refractivity contribution in [3.63, 3.8) is 0 Å². The smallest absolute Gasteiger partial charge is 0.257 e. The van der Waals surface area contributed by atoms with Crippen LogP contribution in [0.1, 0.15) is 23.2 Å². The van der Waals surface area contributed by atoms with Crippen LogP contribution in [0.25, 0.3) is 0 Å². The summed E-state index contributed by atoms with van der Waals surface area (Å²) >= 11 is 7.13. The summed E-state index contributed by atoms with van der Waals surface area (Å²) in [5.74, 6) is -1.49. The molecule has 1 atom stereocenters. The van der Waals surface area contributed by atoms with Crippen LogP contribution in [0.3, 0.4) is 0 Å². The molecule has 0 saturated carbocycles. The van der Waals surface area contributed by atoms with Crippen LogP contribution >= 0.6 is 22.9 Å². The molecule has 1 aliphatic rings. The van der Waals surface area contributed by atoms with Gasteiger partial charge in [-0.25, -0.2) is 9.37 Å². The van der Waals surface area contributed by atoms with Crippen molar-refractivity contribution in [2.75, 3.05) is 11.9 Å². The van der Waals surface area contributed by atoms with E-state index in [4.69, 9.17) is 11.6 Å². The number of carbonyl (C=O) groups is 2. The Morgan fingerprint density at radius 2 is 2.26 bits per heavy atom. The number of nitrogens with zero attached hydrogens (tertiary/aromatic N) is 2. The zero-order valence-electron chi connectivity index (χ0n) is 12.0. The van der Waals surface area contributed by atoms with E-state index in [-0.39, 0.29) is 16.5 Å². The molecule has 2 amide bonds. The van der Waals surface area contributed by atoms with E-state index in [1.807, 2.05) is 0 Å². The molecule has 2 aromatic rings. The third-order valence-corrected chi connectivity index (χ3v) is 4.56. The molecule has 1 aliphatic heterocycles. The fourth-order valence-corrected chi connectivity index (χ4v) is 3.28. The molecule has 0 spiro atoms. The number of likely N-dealkylation sites (tertiary alicyclic amines) is 1. The maximum atomic E-state index is 13.9. The molecule has 5 nitrogen and oxygen atoms in total. The van der Waals surface area contributed by atoms with Gasteiger partial charge in [0.25, 0.3) is 5.91 Å². The third kappa shape index (κ3) is 3.35. The van der Waals surface area contributed by atoms with Crippen molar-refractivity contribution in [1.29, 1.82) is 0 Å². The Morgan fingerprint density at radius 1 is 1.43 bits per heavy atom. The van der Waals surface area contributed by atoms with E-state index in [0.717, 1.165) is 6.07 Å². The molecular formula is C15H13ClFN3O2S. The molecule has 8 heteroatoms. The van der Waals surface area contributed by atoms with Crippen molar-refractivity contribution in [1.82, 2.24) is 9.88 Å². The minimum absolute atomic E-state index is 0.119. The fourth-order valence-electron chi connectivity index (χ4n) is 2.57. The SMILES string of the molecule is O=C(Nc1nccs1)C1CCCN1C(=O)c1cc(Cl)ccc1F. The number of hydrogen-bond donors (Lipinski definition) is 1. The normalized spacial score (nSPS) is 17.3. The van der Waals surface area contributed by atoms with Crippen molar-refractivity contribution in [3.8, 4) is 0 Å². The Hall–Kier alpha value is -1.99. The van der Waals surface area contributed by atoms with Crippen LogP contribution in [-0.2, 0) is 4.79 Å². The van der Waals surface area contributed by atoms with Gasteiger partial charge in [-0.2, -0.15) is 0 Å². The van der Waals surface area contributed by atoms with Gasteiger partial charge in [0.2, 0.25) is 5.91 Å². The van der Waals surface area contributed by atoms with Crippen LogP contribution in [0, 0.1) is 5.82 Å². The van der Waals surface area contributed by atoms with E-state index in [1.54, 1.807) is 11.6 Å². The van der Waals surface area contributed by atoms with E-state index in [9.17, 15) is 14.0 Å². The van der Waals surface area contributed by atoms with E-state index in [0.29, 0.717) is 24.5 Å². The van der Waals surface area contributed by atoms with E-state index < -0.39 is 17.8 Å². The highest BCUT2D eigenvalue weighted by Gasteiger charge is 2.35. The first-order chi connectivity index (χ1) is 11.1. The Morgan fingerprint density at radius 3 is 3.00 bits per heavy atom. The zero-order valence-corrected chi connectivity index (χ0v) is 13.5. The standard InChI is InChI=1S/C15H13ClFN3O2S/c16-9-3-4-11(17)10(8-9)14(22)20-6-1-2-12(20)13(21)19-15-18-5-7-23-15/h3-5,7-8,12H,1-2,6H2,(H,18,19,21). The molecule has 1 aromatic carbocycles. The van der Waals surface area contributed by atoms with Gasteiger partial charge in [-0.05, 0) is 31.0 Å². The summed E-state index contributed by atoms with van der Waals surface area (Å²) in [6.07, 6.45) is 2.80. The van der Waals surface area contributed by atoms with E-state index >= 15 is 0 Å². The maximum Gasteiger partial charge on any atom is 0.257 e. The van der Waals surface area contributed by atoms with Gasteiger partial charge in [0.1, 0.15) is 11.9 Å². The van der Waals surface area contributed by atoms with Gasteiger partial charge in [0.15, 0.2) is 5.13 Å². The van der Waals surface area contributed by atoms with Gasteiger partial charge in [0, 0.05) is 23.1 Å². The maximum absolute atomic E-state index is 13.9. The van der Waals surface area contributed by atoms with Gasteiger partial charge in [-0.1, -0.05) is 11.6 Å². The predicted octanol–water partition coefficient (Wildman–Crippen LogP) is 3.18. The third-order valence-electron chi connectivity index (χ3n) is 3.64. The van der Waals surface area contributed by atoms with Crippen molar-refractivity contribution in [2.24, 2.45) is 0 Å². The molecule has 23 heavy (non-hydrogen) atoms. The summed E-state index contributed by atoms with van der Waals surface area (Å²) in [5, 5.41) is 5.18. The first kappa shape index (κ1) is 15.9. The summed E-state index contributed by atoms with van der Waals surface area (Å²) < 4.78 is 13.9. The quantitative estimate of drug-likeness (QED) is 0.921. The number of amides is 2. The van der Waals surface area contributed by atoms with Crippen molar-refractivity contribution in [3.05, 3.63) is 46.2 Å². The molecule has 0 radical (unpaired) electrons. The molecule has 1 saturated heterocycles. The van der Waals surface area contributed by atoms with Crippen LogP contribution in [0.4, 0.5) is 9.52 Å². The second-order valence-corrected chi connectivity index (χ2v) is 6.44. The summed E-state index contributed by atoms with van der Waals surface area (Å²) in [6.45, 7) is 0.404. The number of aromatic nitrogens is 1. The zero-order chi connectivity index (χ0) is 16.4. The second kappa shape index (κ2) is 6.64. The number of rotatable bonds is 3. The molecule has 1 N–H and O–H groups in total. The monoisotopic (exact) mass is 353 g/mol. The number of benzene rings is 1. The first-order valence-electron chi connectivity index (χ1n) is 7.02. The topological polar surface area (TPSA) is 62.3 Å². The van der Waals surface area contributed by atoms with E-state index in [2.05, 4.69) is 10.3 Å². The van der Waals surface area contributed by atoms with Crippen LogP contribution in [0.5, 0.6) is 0 Å². The lowest BCUT2D eigenvalue weighted by Gasteiger charge is -2.23. The van der Waals surface area contributed by atoms with Crippen molar-refractivity contribution >= 4 is 39.9 Å². The van der Waals surface area contributed by atoms with Crippen LogP contribution in [0.15, 0.2) is 29.8 Å². The highest BCUT2D eigenvalue weighted by molar-refractivity contribution is 7.13. The Kier molecular flexibility index (Phi) is 4.58. The summed E-state index contributed by atoms with van der Waals surface area (Å²) in [4.78, 5) is 30.3. The first-order valence-corrected chi connectivity index (χ1v) is 8.28. The number of nitrogens with one attached hydrogen (secondary N) is 1. The van der Waals surface area contributed by atoms with Crippen molar-refractivity contribution in [2.45, 2.75) is 18.9 Å². The summed E-state index contributed by atoms with van der Waals surface area (Å²) in [5.41, 5.74) is -0.119. The number of carbonyl (C=O) groups excluding carboxylic acids is 2. The van der Waals surface area contributed by atoms with Gasteiger partial charge in [-0.15, -0.1) is 11.3 Å². The molecule has 2 heterocycles. The Balaban J connectivity index is 1.79. The number of halogens is 2. The highest BCUT2D eigenvalue weighted by Crippen LogP contribution is 2.24. The lowest BCUT2D eigenvalue weighted by Crippen LogP contribution is -2.43. The Bertz CT molecular complexity index is 738. The average Bonchev–Trinajstić information content (AvgIpc) is 3.20. The van der Waals surface area contributed by atoms with Crippen molar-refractivity contribution < 1.29 is 14.0 Å². The van der Waals surface area contributed by atoms with E-state index in [1.165, 1.54) is 28.4 Å². The number of thiazole rings is 1. The minimum atomic E-state index is -0.648. The summed E-state index contributed by atoms with van der Waals surface area (Å²) in [7, 11) is 0. The van der Waals surface area contributed by atoms with Crippen LogP contribution in [0.2, 0.25) is 5.02 Å². The molecule has 1 fully saturated rings. The molecule has 120 valence electrons. The number of hydrogen-bond acceptors (Lipinski definition) is 4. The van der Waals surface area contributed by atoms with Gasteiger partial charge >= 0.3 is 0 Å². The molecule has 1 unspecified atom stereocenters. The second-order valence-electron chi connectivity index (χ2n) is 5.11. The average molecular weight is 354 g/mol. The fraction of sp³-hybridized carbons (Fsp3) is 0.267. The minimum Gasteiger partial charge on any atom is -0.327 e. The van der Waals surface area contributed by atoms with Crippen LogP contribution < -0.4 is 5.32 Å². The van der Waals surface area contributed by atoms with Gasteiger partial charge in [0.05, 0.1) is 5.56 Å². The predicted molar refractivity (Wildman–Crippen MR) is 86.2 cm³/mol. The lowest BCUT2D eigenvalue weighted by molar-refractivity contribution is -0.119. The molecule has 1 aromatic heterocycles.